The van der Waals surface area contributed by atoms with Crippen LogP contribution in [0.25, 0.3) is 10.9 Å². The number of carbonyl (C=O) groups is 1. The first kappa shape index (κ1) is 17.6. The predicted octanol–water partition coefficient (Wildman–Crippen LogP) is 4.52. The van der Waals surface area contributed by atoms with E-state index in [4.69, 9.17) is 27.9 Å². The summed E-state index contributed by atoms with van der Waals surface area (Å²) in [6.45, 7) is 2.50. The zero-order valence-electron chi connectivity index (χ0n) is 13.7. The number of hydrogen-bond donors (Lipinski definition) is 2. The molecule has 0 aliphatic carbocycles. The van der Waals surface area contributed by atoms with Crippen LogP contribution in [0.1, 0.15) is 11.3 Å². The Morgan fingerprint density at radius 1 is 1.20 bits per heavy atom. The van der Waals surface area contributed by atoms with Gasteiger partial charge >= 0.3 is 0 Å². The number of para-hydroxylation sites is 1. The molecule has 0 aliphatic rings. The number of rotatable bonds is 6. The van der Waals surface area contributed by atoms with E-state index in [-0.39, 0.29) is 12.5 Å². The molecule has 0 unspecified atom stereocenters. The van der Waals surface area contributed by atoms with Crippen LogP contribution in [0.5, 0.6) is 5.75 Å². The topological polar surface area (TPSA) is 54.1 Å². The van der Waals surface area contributed by atoms with Crippen LogP contribution in [0.4, 0.5) is 0 Å². The first-order valence-corrected chi connectivity index (χ1v) is 8.71. The van der Waals surface area contributed by atoms with Crippen LogP contribution in [0.15, 0.2) is 42.5 Å². The molecule has 1 heterocycles. The highest BCUT2D eigenvalue weighted by Gasteiger charge is 2.09. The second-order valence-electron chi connectivity index (χ2n) is 5.74. The third-order valence-corrected chi connectivity index (χ3v) is 4.51. The summed E-state index contributed by atoms with van der Waals surface area (Å²) < 4.78 is 5.43. The minimum atomic E-state index is -0.191. The fraction of sp³-hybridized carbons (Fsp3) is 0.211. The van der Waals surface area contributed by atoms with Gasteiger partial charge in [0.25, 0.3) is 5.91 Å². The lowest BCUT2D eigenvalue weighted by atomic mass is 10.1. The summed E-state index contributed by atoms with van der Waals surface area (Å²) >= 11 is 11.8. The molecule has 0 aliphatic heterocycles. The Labute approximate surface area is 156 Å². The smallest absolute Gasteiger partial charge is 0.257 e. The standard InChI is InChI=1S/C19H18Cl2N2O2/c1-12-14(15-4-2-3-5-17(15)23-12)8-9-22-19(24)11-25-18-7-6-13(20)10-16(18)21/h2-7,10,23H,8-9,11H2,1H3,(H,22,24). The molecule has 0 atom stereocenters. The molecule has 0 radical (unpaired) electrons. The van der Waals surface area contributed by atoms with Crippen LogP contribution >= 0.6 is 23.2 Å². The van der Waals surface area contributed by atoms with E-state index in [0.717, 1.165) is 17.6 Å². The van der Waals surface area contributed by atoms with Crippen LogP contribution in [0.2, 0.25) is 10.0 Å². The van der Waals surface area contributed by atoms with E-state index in [0.29, 0.717) is 22.3 Å². The number of amides is 1. The average molecular weight is 377 g/mol. The van der Waals surface area contributed by atoms with Crippen molar-refractivity contribution in [1.29, 1.82) is 0 Å². The van der Waals surface area contributed by atoms with Crippen molar-refractivity contribution in [3.05, 3.63) is 63.8 Å². The number of H-pyrrole nitrogens is 1. The molecule has 3 rings (SSSR count). The van der Waals surface area contributed by atoms with Crippen LogP contribution in [-0.2, 0) is 11.2 Å². The molecule has 6 heteroatoms. The molecular formula is C19H18Cl2N2O2. The number of carbonyl (C=O) groups excluding carboxylic acids is 1. The van der Waals surface area contributed by atoms with E-state index in [1.165, 1.54) is 10.9 Å². The summed E-state index contributed by atoms with van der Waals surface area (Å²) in [6, 6.07) is 13.0. The zero-order valence-corrected chi connectivity index (χ0v) is 15.2. The first-order chi connectivity index (χ1) is 12.0. The van der Waals surface area contributed by atoms with E-state index in [9.17, 15) is 4.79 Å². The minimum absolute atomic E-state index is 0.0891. The molecule has 0 bridgehead atoms. The van der Waals surface area contributed by atoms with Gasteiger partial charge in [0.05, 0.1) is 5.02 Å². The maximum Gasteiger partial charge on any atom is 0.257 e. The van der Waals surface area contributed by atoms with Crippen LogP contribution in [0.3, 0.4) is 0 Å². The lowest BCUT2D eigenvalue weighted by molar-refractivity contribution is -0.123. The molecule has 1 amide bonds. The molecular weight excluding hydrogens is 359 g/mol. The third kappa shape index (κ3) is 4.27. The van der Waals surface area contributed by atoms with Gasteiger partial charge in [-0.25, -0.2) is 0 Å². The molecule has 0 saturated carbocycles. The Morgan fingerprint density at radius 2 is 2.00 bits per heavy atom. The number of aromatic amines is 1. The van der Waals surface area contributed by atoms with Crippen molar-refractivity contribution in [2.24, 2.45) is 0 Å². The largest absolute Gasteiger partial charge is 0.482 e. The molecule has 3 aromatic rings. The van der Waals surface area contributed by atoms with Gasteiger partial charge in [-0.05, 0) is 43.2 Å². The van der Waals surface area contributed by atoms with E-state index in [1.807, 2.05) is 25.1 Å². The quantitative estimate of drug-likeness (QED) is 0.664. The summed E-state index contributed by atoms with van der Waals surface area (Å²) in [4.78, 5) is 15.3. The maximum atomic E-state index is 12.0. The highest BCUT2D eigenvalue weighted by molar-refractivity contribution is 6.35. The molecule has 4 nitrogen and oxygen atoms in total. The number of benzene rings is 2. The number of fused-ring (bicyclic) bond motifs is 1. The fourth-order valence-corrected chi connectivity index (χ4v) is 3.23. The molecule has 0 saturated heterocycles. The Bertz CT molecular complexity index is 906. The van der Waals surface area contributed by atoms with Crippen molar-refractivity contribution >= 4 is 40.0 Å². The zero-order chi connectivity index (χ0) is 17.8. The lowest BCUT2D eigenvalue weighted by Crippen LogP contribution is -2.30. The second-order valence-corrected chi connectivity index (χ2v) is 6.58. The number of aromatic nitrogens is 1. The van der Waals surface area contributed by atoms with E-state index in [1.54, 1.807) is 18.2 Å². The van der Waals surface area contributed by atoms with Crippen molar-refractivity contribution in [2.75, 3.05) is 13.2 Å². The number of nitrogens with one attached hydrogen (secondary N) is 2. The van der Waals surface area contributed by atoms with Crippen molar-refractivity contribution in [2.45, 2.75) is 13.3 Å². The lowest BCUT2D eigenvalue weighted by Gasteiger charge is -2.09. The van der Waals surface area contributed by atoms with Gasteiger partial charge in [-0.1, -0.05) is 41.4 Å². The molecule has 25 heavy (non-hydrogen) atoms. The van der Waals surface area contributed by atoms with Gasteiger partial charge in [-0.15, -0.1) is 0 Å². The van der Waals surface area contributed by atoms with Crippen LogP contribution < -0.4 is 10.1 Å². The Hall–Kier alpha value is -2.17. The Morgan fingerprint density at radius 3 is 2.80 bits per heavy atom. The van der Waals surface area contributed by atoms with Crippen molar-refractivity contribution in [3.8, 4) is 5.75 Å². The van der Waals surface area contributed by atoms with Crippen molar-refractivity contribution in [1.82, 2.24) is 10.3 Å². The van der Waals surface area contributed by atoms with Gasteiger partial charge in [0, 0.05) is 28.2 Å². The highest BCUT2D eigenvalue weighted by Crippen LogP contribution is 2.27. The monoisotopic (exact) mass is 376 g/mol. The number of aryl methyl sites for hydroxylation is 1. The Kier molecular flexibility index (Phi) is 5.51. The maximum absolute atomic E-state index is 12.0. The second kappa shape index (κ2) is 7.81. The van der Waals surface area contributed by atoms with E-state index < -0.39 is 0 Å². The minimum Gasteiger partial charge on any atom is -0.482 e. The average Bonchev–Trinajstić information content (AvgIpc) is 2.90. The molecule has 2 aromatic carbocycles. The highest BCUT2D eigenvalue weighted by atomic mass is 35.5. The van der Waals surface area contributed by atoms with E-state index in [2.05, 4.69) is 16.4 Å². The van der Waals surface area contributed by atoms with Gasteiger partial charge < -0.3 is 15.0 Å². The summed E-state index contributed by atoms with van der Waals surface area (Å²) in [5.41, 5.74) is 3.46. The Balaban J connectivity index is 1.51. The summed E-state index contributed by atoms with van der Waals surface area (Å²) in [5.74, 6) is 0.247. The molecule has 130 valence electrons. The van der Waals surface area contributed by atoms with Crippen molar-refractivity contribution < 1.29 is 9.53 Å². The van der Waals surface area contributed by atoms with Gasteiger partial charge in [0.15, 0.2) is 6.61 Å². The van der Waals surface area contributed by atoms with Crippen LogP contribution in [0, 0.1) is 6.92 Å². The number of hydrogen-bond acceptors (Lipinski definition) is 2. The molecule has 1 aromatic heterocycles. The van der Waals surface area contributed by atoms with Crippen LogP contribution in [-0.4, -0.2) is 24.0 Å². The summed E-state index contributed by atoms with van der Waals surface area (Å²) in [7, 11) is 0. The van der Waals surface area contributed by atoms with Gasteiger partial charge in [0.1, 0.15) is 5.75 Å². The normalized spacial score (nSPS) is 10.8. The molecule has 0 fully saturated rings. The summed E-state index contributed by atoms with van der Waals surface area (Å²) in [5, 5.41) is 4.97. The third-order valence-electron chi connectivity index (χ3n) is 3.98. The van der Waals surface area contributed by atoms with Crippen molar-refractivity contribution in [3.63, 3.8) is 0 Å². The summed E-state index contributed by atoms with van der Waals surface area (Å²) in [6.07, 6.45) is 0.753. The van der Waals surface area contributed by atoms with Gasteiger partial charge in [0.2, 0.25) is 0 Å². The first-order valence-electron chi connectivity index (χ1n) is 7.95. The van der Waals surface area contributed by atoms with Gasteiger partial charge in [-0.2, -0.15) is 0 Å². The predicted molar refractivity (Wildman–Crippen MR) is 102 cm³/mol. The fourth-order valence-electron chi connectivity index (χ4n) is 2.77. The number of ether oxygens (including phenoxy) is 1. The number of halogens is 2. The molecule has 2 N–H and O–H groups in total. The van der Waals surface area contributed by atoms with E-state index >= 15 is 0 Å². The van der Waals surface area contributed by atoms with Gasteiger partial charge in [-0.3, -0.25) is 4.79 Å². The SMILES string of the molecule is Cc1[nH]c2ccccc2c1CCNC(=O)COc1ccc(Cl)cc1Cl. The molecule has 0 spiro atoms.